The van der Waals surface area contributed by atoms with Gasteiger partial charge in [-0.25, -0.2) is 0 Å². The maximum atomic E-state index is 6.04. The van der Waals surface area contributed by atoms with Crippen molar-refractivity contribution in [3.8, 4) is 11.4 Å². The fraction of sp³-hybridized carbons (Fsp3) is 0.300. The van der Waals surface area contributed by atoms with Gasteiger partial charge < -0.3 is 4.57 Å². The third-order valence-electron chi connectivity index (χ3n) is 2.09. The van der Waals surface area contributed by atoms with Crippen LogP contribution < -0.4 is 0 Å². The zero-order chi connectivity index (χ0) is 10.7. The van der Waals surface area contributed by atoms with Crippen LogP contribution in [0, 0.1) is 0 Å². The van der Waals surface area contributed by atoms with E-state index in [-0.39, 0.29) is 0 Å². The predicted octanol–water partition coefficient (Wildman–Crippen LogP) is 2.40. The van der Waals surface area contributed by atoms with Crippen molar-refractivity contribution in [3.05, 3.63) is 29.8 Å². The van der Waals surface area contributed by atoms with Gasteiger partial charge in [-0.1, -0.05) is 18.5 Å². The molecule has 0 aliphatic carbocycles. The van der Waals surface area contributed by atoms with Crippen LogP contribution in [-0.4, -0.2) is 19.7 Å². The van der Waals surface area contributed by atoms with Gasteiger partial charge >= 0.3 is 0 Å². The summed E-state index contributed by atoms with van der Waals surface area (Å²) in [6, 6.07) is 1.85. The molecule has 0 unspecified atom stereocenters. The summed E-state index contributed by atoms with van der Waals surface area (Å²) in [5, 5.41) is 8.56. The van der Waals surface area contributed by atoms with E-state index in [1.165, 1.54) is 0 Å². The predicted molar refractivity (Wildman–Crippen MR) is 58.6 cm³/mol. The van der Waals surface area contributed by atoms with E-state index in [0.717, 1.165) is 24.4 Å². The van der Waals surface area contributed by atoms with Crippen LogP contribution in [-0.2, 0) is 6.54 Å². The lowest BCUT2D eigenvalue weighted by molar-refractivity contribution is 0.682. The molecule has 15 heavy (non-hydrogen) atoms. The van der Waals surface area contributed by atoms with Gasteiger partial charge in [0.1, 0.15) is 6.33 Å². The summed E-state index contributed by atoms with van der Waals surface area (Å²) < 4.78 is 1.99. The zero-order valence-electron chi connectivity index (χ0n) is 8.39. The van der Waals surface area contributed by atoms with E-state index in [4.69, 9.17) is 11.6 Å². The molecule has 0 saturated carbocycles. The van der Waals surface area contributed by atoms with Crippen molar-refractivity contribution in [3.63, 3.8) is 0 Å². The lowest BCUT2D eigenvalue weighted by atomic mass is 10.2. The maximum Gasteiger partial charge on any atom is 0.165 e. The second-order valence-electron chi connectivity index (χ2n) is 3.20. The van der Waals surface area contributed by atoms with Gasteiger partial charge in [-0.05, 0) is 12.5 Å². The summed E-state index contributed by atoms with van der Waals surface area (Å²) in [6.07, 6.45) is 6.07. The zero-order valence-corrected chi connectivity index (χ0v) is 9.15. The number of hydrogen-bond acceptors (Lipinski definition) is 3. The van der Waals surface area contributed by atoms with Crippen molar-refractivity contribution < 1.29 is 0 Å². The van der Waals surface area contributed by atoms with Gasteiger partial charge in [0, 0.05) is 24.5 Å². The highest BCUT2D eigenvalue weighted by Gasteiger charge is 2.09. The van der Waals surface area contributed by atoms with Crippen LogP contribution in [0.1, 0.15) is 13.3 Å². The fourth-order valence-corrected chi connectivity index (χ4v) is 1.63. The third kappa shape index (κ3) is 1.99. The van der Waals surface area contributed by atoms with E-state index in [1.807, 2.05) is 10.6 Å². The first-order chi connectivity index (χ1) is 7.33. The number of halogens is 1. The Morgan fingerprint density at radius 2 is 2.33 bits per heavy atom. The van der Waals surface area contributed by atoms with Crippen LogP contribution in [0.3, 0.4) is 0 Å². The molecule has 2 heterocycles. The SMILES string of the molecule is CCCn1cnnc1-c1ccncc1Cl. The van der Waals surface area contributed by atoms with Gasteiger partial charge in [0.2, 0.25) is 0 Å². The average molecular weight is 223 g/mol. The Morgan fingerprint density at radius 1 is 1.47 bits per heavy atom. The van der Waals surface area contributed by atoms with Crippen molar-refractivity contribution in [1.29, 1.82) is 0 Å². The molecule has 0 saturated heterocycles. The van der Waals surface area contributed by atoms with E-state index in [9.17, 15) is 0 Å². The minimum absolute atomic E-state index is 0.600. The first kappa shape index (κ1) is 10.1. The van der Waals surface area contributed by atoms with Crippen molar-refractivity contribution in [1.82, 2.24) is 19.7 Å². The Labute approximate surface area is 92.9 Å². The number of rotatable bonds is 3. The molecule has 0 N–H and O–H groups in total. The number of hydrogen-bond donors (Lipinski definition) is 0. The molecular formula is C10H11ClN4. The summed E-state index contributed by atoms with van der Waals surface area (Å²) in [5.74, 6) is 0.796. The molecule has 0 amide bonds. The Balaban J connectivity index is 2.45. The van der Waals surface area contributed by atoms with Crippen LogP contribution in [0.15, 0.2) is 24.8 Å². The van der Waals surface area contributed by atoms with Crippen LogP contribution in [0.5, 0.6) is 0 Å². The third-order valence-corrected chi connectivity index (χ3v) is 2.39. The molecule has 2 aromatic heterocycles. The first-order valence-corrected chi connectivity index (χ1v) is 5.18. The highest BCUT2D eigenvalue weighted by Crippen LogP contribution is 2.24. The Hall–Kier alpha value is -1.42. The Bertz CT molecular complexity index is 452. The fourth-order valence-electron chi connectivity index (χ4n) is 1.42. The summed E-state index contributed by atoms with van der Waals surface area (Å²) in [6.45, 7) is 3.00. The summed E-state index contributed by atoms with van der Waals surface area (Å²) >= 11 is 6.04. The van der Waals surface area contributed by atoms with Crippen molar-refractivity contribution in [2.75, 3.05) is 0 Å². The molecule has 0 fully saturated rings. The maximum absolute atomic E-state index is 6.04. The Morgan fingerprint density at radius 3 is 3.07 bits per heavy atom. The molecular weight excluding hydrogens is 212 g/mol. The van der Waals surface area contributed by atoms with Crippen LogP contribution in [0.2, 0.25) is 5.02 Å². The first-order valence-electron chi connectivity index (χ1n) is 4.80. The summed E-state index contributed by atoms with van der Waals surface area (Å²) in [7, 11) is 0. The summed E-state index contributed by atoms with van der Waals surface area (Å²) in [5.41, 5.74) is 0.873. The molecule has 0 spiro atoms. The van der Waals surface area contributed by atoms with Crippen molar-refractivity contribution in [2.24, 2.45) is 0 Å². The van der Waals surface area contributed by atoms with E-state index in [1.54, 1.807) is 18.7 Å². The largest absolute Gasteiger partial charge is 0.314 e. The summed E-state index contributed by atoms with van der Waals surface area (Å²) in [4.78, 5) is 3.94. The van der Waals surface area contributed by atoms with Crippen molar-refractivity contribution in [2.45, 2.75) is 19.9 Å². The van der Waals surface area contributed by atoms with Crippen LogP contribution in [0.4, 0.5) is 0 Å². The normalized spacial score (nSPS) is 10.5. The second kappa shape index (κ2) is 4.40. The molecule has 0 aromatic carbocycles. The molecule has 0 atom stereocenters. The van der Waals surface area contributed by atoms with Crippen LogP contribution in [0.25, 0.3) is 11.4 Å². The molecule has 4 nitrogen and oxygen atoms in total. The molecule has 78 valence electrons. The Kier molecular flexibility index (Phi) is 2.97. The standard InChI is InChI=1S/C10H11ClN4/c1-2-5-15-7-13-14-10(15)8-3-4-12-6-9(8)11/h3-4,6-7H,2,5H2,1H3. The topological polar surface area (TPSA) is 43.6 Å². The van der Waals surface area contributed by atoms with Gasteiger partial charge in [-0.15, -0.1) is 10.2 Å². The van der Waals surface area contributed by atoms with Gasteiger partial charge in [-0.2, -0.15) is 0 Å². The number of pyridine rings is 1. The van der Waals surface area contributed by atoms with Crippen LogP contribution >= 0.6 is 11.6 Å². The minimum Gasteiger partial charge on any atom is -0.314 e. The van der Waals surface area contributed by atoms with Gasteiger partial charge in [0.05, 0.1) is 5.02 Å². The lowest BCUT2D eigenvalue weighted by Crippen LogP contribution is -1.98. The highest BCUT2D eigenvalue weighted by atomic mass is 35.5. The second-order valence-corrected chi connectivity index (χ2v) is 3.61. The monoisotopic (exact) mass is 222 g/mol. The van der Waals surface area contributed by atoms with Crippen molar-refractivity contribution >= 4 is 11.6 Å². The highest BCUT2D eigenvalue weighted by molar-refractivity contribution is 6.33. The number of nitrogens with zero attached hydrogens (tertiary/aromatic N) is 4. The molecule has 2 aromatic rings. The molecule has 0 aliphatic rings. The van der Waals surface area contributed by atoms with Gasteiger partial charge in [0.15, 0.2) is 5.82 Å². The quantitative estimate of drug-likeness (QED) is 0.801. The molecule has 0 bridgehead atoms. The molecule has 5 heteroatoms. The smallest absolute Gasteiger partial charge is 0.165 e. The van der Waals surface area contributed by atoms with E-state index in [2.05, 4.69) is 22.1 Å². The van der Waals surface area contributed by atoms with Gasteiger partial charge in [0.25, 0.3) is 0 Å². The molecule has 2 rings (SSSR count). The minimum atomic E-state index is 0.600. The molecule has 0 aliphatic heterocycles. The lowest BCUT2D eigenvalue weighted by Gasteiger charge is -2.05. The molecule has 0 radical (unpaired) electrons. The number of aromatic nitrogens is 4. The van der Waals surface area contributed by atoms with Gasteiger partial charge in [-0.3, -0.25) is 4.98 Å². The number of aryl methyl sites for hydroxylation is 1. The van der Waals surface area contributed by atoms with E-state index < -0.39 is 0 Å². The van der Waals surface area contributed by atoms with E-state index in [0.29, 0.717) is 5.02 Å². The van der Waals surface area contributed by atoms with E-state index >= 15 is 0 Å². The average Bonchev–Trinajstić information content (AvgIpc) is 2.67.